The van der Waals surface area contributed by atoms with E-state index in [1.54, 1.807) is 0 Å². The molecule has 0 radical (unpaired) electrons. The van der Waals surface area contributed by atoms with Crippen molar-refractivity contribution in [2.75, 3.05) is 0 Å². The molecule has 0 saturated heterocycles. The molecule has 2 N–H and O–H groups in total. The van der Waals surface area contributed by atoms with Gasteiger partial charge < -0.3 is 4.52 Å². The molecule has 0 heterocycles. The van der Waals surface area contributed by atoms with E-state index in [-0.39, 0.29) is 59.0 Å². The molecule has 0 aliphatic rings. The summed E-state index contributed by atoms with van der Waals surface area (Å²) in [6.45, 7) is 2.25. The van der Waals surface area contributed by atoms with Crippen molar-refractivity contribution in [3.05, 3.63) is 0 Å². The van der Waals surface area contributed by atoms with E-state index >= 15 is 0 Å². The van der Waals surface area contributed by atoms with E-state index < -0.39 is 13.8 Å². The predicted octanol–water partition coefficient (Wildman–Crippen LogP) is 4.32. The summed E-state index contributed by atoms with van der Waals surface area (Å²) in [5, 5.41) is 0. The van der Waals surface area contributed by atoms with Crippen LogP contribution in [0.15, 0.2) is 0 Å². The van der Waals surface area contributed by atoms with Gasteiger partial charge in [0, 0.05) is 6.42 Å². The summed E-state index contributed by atoms with van der Waals surface area (Å²) >= 11 is 0. The second kappa shape index (κ2) is 22.7. The van der Waals surface area contributed by atoms with Crippen LogP contribution in [0.3, 0.4) is 0 Å². The molecule has 0 aromatic carbocycles. The molecule has 0 unspecified atom stereocenters. The Kier molecular flexibility index (Phi) is 28.0. The van der Waals surface area contributed by atoms with Crippen LogP contribution >= 0.6 is 7.82 Å². The minimum atomic E-state index is -4.66. The van der Waals surface area contributed by atoms with Crippen LogP contribution < -0.4 is 0 Å². The number of hydrogen-bond donors (Lipinski definition) is 2. The van der Waals surface area contributed by atoms with Gasteiger partial charge in [-0.15, -0.1) is 0 Å². The van der Waals surface area contributed by atoms with Crippen molar-refractivity contribution in [3.63, 3.8) is 0 Å². The molecular weight excluding hydrogens is 374 g/mol. The number of phosphoric acid groups is 1. The molecular formula is C18H40MgNaO5P. The number of carbonyl (C=O) groups excluding carboxylic acids is 1. The predicted molar refractivity (Wildman–Crippen MR) is 113 cm³/mol. The Morgan fingerprint density at radius 2 is 1.04 bits per heavy atom. The van der Waals surface area contributed by atoms with E-state index in [0.717, 1.165) is 12.8 Å². The van der Waals surface area contributed by atoms with Gasteiger partial charge in [0.1, 0.15) is 0 Å². The van der Waals surface area contributed by atoms with Crippen molar-refractivity contribution in [2.24, 2.45) is 0 Å². The molecule has 5 nitrogen and oxygen atoms in total. The Morgan fingerprint density at radius 3 is 1.35 bits per heavy atom. The van der Waals surface area contributed by atoms with Crippen LogP contribution in [-0.2, 0) is 13.9 Å². The van der Waals surface area contributed by atoms with Gasteiger partial charge in [0.2, 0.25) is 0 Å². The number of carbonyl (C=O) groups is 1. The van der Waals surface area contributed by atoms with Gasteiger partial charge in [-0.05, 0) is 6.42 Å². The third kappa shape index (κ3) is 27.6. The fourth-order valence-corrected chi connectivity index (χ4v) is 3.18. The average Bonchev–Trinajstić information content (AvgIpc) is 2.49. The summed E-state index contributed by atoms with van der Waals surface area (Å²) in [4.78, 5) is 28.0. The van der Waals surface area contributed by atoms with E-state index in [0.29, 0.717) is 6.42 Å². The second-order valence-electron chi connectivity index (χ2n) is 6.65. The van der Waals surface area contributed by atoms with Crippen molar-refractivity contribution < 1.29 is 23.7 Å². The number of hydrogen-bond acceptors (Lipinski definition) is 3. The van der Waals surface area contributed by atoms with Crippen LogP contribution in [0.1, 0.15) is 110 Å². The van der Waals surface area contributed by atoms with Crippen LogP contribution in [0, 0.1) is 0 Å². The third-order valence-corrected chi connectivity index (χ3v) is 4.65. The molecule has 0 spiro atoms. The molecule has 8 heteroatoms. The van der Waals surface area contributed by atoms with E-state index in [1.165, 1.54) is 77.0 Å². The van der Waals surface area contributed by atoms with Gasteiger partial charge in [0.15, 0.2) is 0 Å². The first-order chi connectivity index (χ1) is 11.5. The molecule has 0 aliphatic heterocycles. The van der Waals surface area contributed by atoms with E-state index in [4.69, 9.17) is 9.79 Å². The molecule has 0 aromatic rings. The van der Waals surface area contributed by atoms with Gasteiger partial charge in [-0.1, -0.05) is 96.8 Å². The monoisotopic (exact) mass is 414 g/mol. The molecule has 0 fully saturated rings. The second-order valence-corrected chi connectivity index (χ2v) is 7.82. The van der Waals surface area contributed by atoms with Crippen molar-refractivity contribution >= 4 is 66.4 Å². The summed E-state index contributed by atoms with van der Waals surface area (Å²) in [6.07, 6.45) is 18.7. The minimum absolute atomic E-state index is 0. The molecule has 0 bridgehead atoms. The van der Waals surface area contributed by atoms with Gasteiger partial charge >= 0.3 is 66.4 Å². The summed E-state index contributed by atoms with van der Waals surface area (Å²) in [5.74, 6) is -0.807. The first-order valence-corrected chi connectivity index (χ1v) is 11.3. The topological polar surface area (TPSA) is 83.8 Å². The van der Waals surface area contributed by atoms with Gasteiger partial charge in [-0.2, -0.15) is 0 Å². The number of phosphoric ester groups is 1. The van der Waals surface area contributed by atoms with Crippen molar-refractivity contribution in [1.82, 2.24) is 0 Å². The zero-order chi connectivity index (χ0) is 18.1. The average molecular weight is 415 g/mol. The summed E-state index contributed by atoms with van der Waals surface area (Å²) in [5.41, 5.74) is 0. The Morgan fingerprint density at radius 1 is 0.731 bits per heavy atom. The van der Waals surface area contributed by atoms with Crippen molar-refractivity contribution in [2.45, 2.75) is 110 Å². The Balaban J connectivity index is -0.00000264. The number of unbranched alkanes of at least 4 members (excludes halogenated alkanes) is 14. The SMILES string of the molecule is CCCCCCCCCCCCCCCCCC(=O)OP(=O)(O)O.[MgH2].[NaH]. The van der Waals surface area contributed by atoms with Crippen LogP contribution in [-0.4, -0.2) is 68.4 Å². The third-order valence-electron chi connectivity index (χ3n) is 4.21. The fraction of sp³-hybridized carbons (Fsp3) is 0.944. The van der Waals surface area contributed by atoms with Crippen molar-refractivity contribution in [1.29, 1.82) is 0 Å². The van der Waals surface area contributed by atoms with E-state index in [9.17, 15) is 9.36 Å². The zero-order valence-corrected chi connectivity index (χ0v) is 16.3. The van der Waals surface area contributed by atoms with Crippen LogP contribution in [0.4, 0.5) is 0 Å². The first-order valence-electron chi connectivity index (χ1n) is 9.73. The van der Waals surface area contributed by atoms with Crippen LogP contribution in [0.5, 0.6) is 0 Å². The van der Waals surface area contributed by atoms with Crippen LogP contribution in [0.25, 0.3) is 0 Å². The maximum atomic E-state index is 11.1. The Labute approximate surface area is 198 Å². The Hall–Kier alpha value is 1.39. The van der Waals surface area contributed by atoms with E-state index in [2.05, 4.69) is 11.4 Å². The maximum absolute atomic E-state index is 11.1. The first kappa shape index (κ1) is 32.1. The van der Waals surface area contributed by atoms with Crippen LogP contribution in [0.2, 0.25) is 0 Å². The van der Waals surface area contributed by atoms with Gasteiger partial charge in [0.25, 0.3) is 0 Å². The van der Waals surface area contributed by atoms with E-state index in [1.807, 2.05) is 0 Å². The molecule has 0 aliphatic carbocycles. The standard InChI is InChI=1S/C18H37O5P.Mg.Na.3H/c1-2-3-4-5-6-7-8-9-10-11-12-13-14-15-16-17-18(19)23-24(20,21)22;;;;;/h2-17H2,1H3,(H2,20,21,22);;;;;. The normalized spacial score (nSPS) is 10.7. The molecule has 0 atom stereocenters. The van der Waals surface area contributed by atoms with Gasteiger partial charge in [-0.3, -0.25) is 14.6 Å². The molecule has 0 rings (SSSR count). The van der Waals surface area contributed by atoms with Crippen molar-refractivity contribution in [3.8, 4) is 0 Å². The van der Waals surface area contributed by atoms with Gasteiger partial charge in [-0.25, -0.2) is 4.57 Å². The molecule has 26 heavy (non-hydrogen) atoms. The zero-order valence-electron chi connectivity index (χ0n) is 15.4. The summed E-state index contributed by atoms with van der Waals surface area (Å²) in [7, 11) is -4.66. The quantitative estimate of drug-likeness (QED) is 0.210. The fourth-order valence-electron chi connectivity index (χ4n) is 2.82. The molecule has 150 valence electrons. The number of rotatable bonds is 17. The molecule has 0 aromatic heterocycles. The molecule has 0 amide bonds. The Bertz CT molecular complexity index is 352. The summed E-state index contributed by atoms with van der Waals surface area (Å²) in [6, 6.07) is 0. The summed E-state index contributed by atoms with van der Waals surface area (Å²) < 4.78 is 14.4. The van der Waals surface area contributed by atoms with Gasteiger partial charge in [0.05, 0.1) is 0 Å². The molecule has 0 saturated carbocycles.